The SMILES string of the molecule is CN(CC1(CCN2CCC(CCCc3ccccc3)CC2)CCc2ccccc21)S(=O)(=O)c1ccc(Cl)cc1. The molecule has 1 heterocycles. The lowest BCUT2D eigenvalue weighted by Gasteiger charge is -2.38. The molecule has 1 unspecified atom stereocenters. The van der Waals surface area contributed by atoms with Gasteiger partial charge in [-0.2, -0.15) is 0 Å². The third kappa shape index (κ3) is 6.77. The molecule has 0 N–H and O–H groups in total. The first kappa shape index (κ1) is 28.4. The number of likely N-dealkylation sites (tertiary alicyclic amines) is 1. The molecule has 0 saturated carbocycles. The van der Waals surface area contributed by atoms with E-state index >= 15 is 0 Å². The normalized spacial score (nSPS) is 20.4. The van der Waals surface area contributed by atoms with Gasteiger partial charge in [0.15, 0.2) is 0 Å². The van der Waals surface area contributed by atoms with Crippen molar-refractivity contribution in [1.29, 1.82) is 0 Å². The number of halogens is 1. The first-order valence-corrected chi connectivity index (χ1v) is 16.2. The molecule has 5 rings (SSSR count). The second-order valence-corrected chi connectivity index (χ2v) is 14.0. The molecule has 1 aliphatic heterocycles. The molecule has 39 heavy (non-hydrogen) atoms. The van der Waals surface area contributed by atoms with Gasteiger partial charge in [-0.15, -0.1) is 0 Å². The number of sulfonamides is 1. The van der Waals surface area contributed by atoms with Crippen LogP contribution in [0.1, 0.15) is 55.2 Å². The van der Waals surface area contributed by atoms with Crippen molar-refractivity contribution in [2.45, 2.75) is 61.7 Å². The van der Waals surface area contributed by atoms with Gasteiger partial charge in [-0.05, 0) is 111 Å². The number of rotatable bonds is 11. The topological polar surface area (TPSA) is 40.6 Å². The van der Waals surface area contributed by atoms with Crippen LogP contribution in [0.15, 0.2) is 83.8 Å². The number of benzene rings is 3. The Labute approximate surface area is 240 Å². The smallest absolute Gasteiger partial charge is 0.242 e. The Hall–Kier alpha value is -2.18. The van der Waals surface area contributed by atoms with E-state index in [2.05, 4.69) is 59.5 Å². The highest BCUT2D eigenvalue weighted by Crippen LogP contribution is 2.43. The number of hydrogen-bond acceptors (Lipinski definition) is 3. The van der Waals surface area contributed by atoms with Gasteiger partial charge in [0.05, 0.1) is 4.90 Å². The van der Waals surface area contributed by atoms with Crippen LogP contribution in [0.25, 0.3) is 0 Å². The number of aryl methyl sites for hydroxylation is 2. The van der Waals surface area contributed by atoms with Crippen molar-refractivity contribution in [3.05, 3.63) is 101 Å². The molecule has 0 aromatic heterocycles. The Bertz CT molecular complexity index is 1320. The molecule has 0 radical (unpaired) electrons. The van der Waals surface area contributed by atoms with Gasteiger partial charge in [-0.3, -0.25) is 0 Å². The van der Waals surface area contributed by atoms with E-state index in [0.29, 0.717) is 16.5 Å². The molecule has 1 atom stereocenters. The van der Waals surface area contributed by atoms with E-state index in [4.69, 9.17) is 11.6 Å². The maximum Gasteiger partial charge on any atom is 0.242 e. The summed E-state index contributed by atoms with van der Waals surface area (Å²) in [5, 5.41) is 0.540. The maximum absolute atomic E-state index is 13.5. The molecule has 6 heteroatoms. The molecule has 4 nitrogen and oxygen atoms in total. The summed E-state index contributed by atoms with van der Waals surface area (Å²) in [4.78, 5) is 2.91. The molecule has 1 aliphatic carbocycles. The second kappa shape index (κ2) is 12.6. The summed E-state index contributed by atoms with van der Waals surface area (Å²) in [6, 6.07) is 26.0. The summed E-state index contributed by atoms with van der Waals surface area (Å²) in [6.07, 6.45) is 9.26. The van der Waals surface area contributed by atoms with Crippen LogP contribution in [0.4, 0.5) is 0 Å². The van der Waals surface area contributed by atoms with Crippen LogP contribution < -0.4 is 0 Å². The number of fused-ring (bicyclic) bond motifs is 1. The van der Waals surface area contributed by atoms with Crippen molar-refractivity contribution >= 4 is 21.6 Å². The molecular weight excluding hydrogens is 524 g/mol. The van der Waals surface area contributed by atoms with Crippen molar-refractivity contribution in [3.63, 3.8) is 0 Å². The molecule has 2 aliphatic rings. The average molecular weight is 565 g/mol. The van der Waals surface area contributed by atoms with E-state index in [1.165, 1.54) is 48.8 Å². The summed E-state index contributed by atoms with van der Waals surface area (Å²) in [5.41, 5.74) is 3.98. The highest BCUT2D eigenvalue weighted by Gasteiger charge is 2.41. The van der Waals surface area contributed by atoms with Crippen LogP contribution in [-0.2, 0) is 28.3 Å². The van der Waals surface area contributed by atoms with Crippen molar-refractivity contribution in [1.82, 2.24) is 9.21 Å². The summed E-state index contributed by atoms with van der Waals surface area (Å²) in [5.74, 6) is 0.821. The zero-order valence-electron chi connectivity index (χ0n) is 23.1. The number of piperidine rings is 1. The highest BCUT2D eigenvalue weighted by atomic mass is 35.5. The minimum absolute atomic E-state index is 0.169. The van der Waals surface area contributed by atoms with Crippen LogP contribution in [0.5, 0.6) is 0 Å². The molecule has 0 amide bonds. The van der Waals surface area contributed by atoms with Crippen LogP contribution in [-0.4, -0.2) is 50.8 Å². The number of hydrogen-bond donors (Lipinski definition) is 0. The Morgan fingerprint density at radius 3 is 2.38 bits per heavy atom. The van der Waals surface area contributed by atoms with E-state index in [-0.39, 0.29) is 5.41 Å². The third-order valence-electron chi connectivity index (χ3n) is 9.04. The van der Waals surface area contributed by atoms with Crippen LogP contribution in [0.2, 0.25) is 5.02 Å². The zero-order valence-corrected chi connectivity index (χ0v) is 24.6. The average Bonchev–Trinajstić information content (AvgIpc) is 3.32. The van der Waals surface area contributed by atoms with Crippen molar-refractivity contribution in [2.24, 2.45) is 5.92 Å². The molecule has 3 aromatic rings. The lowest BCUT2D eigenvalue weighted by molar-refractivity contribution is 0.158. The van der Waals surface area contributed by atoms with Crippen molar-refractivity contribution in [2.75, 3.05) is 33.2 Å². The van der Waals surface area contributed by atoms with Gasteiger partial charge in [0.25, 0.3) is 0 Å². The fraction of sp³-hybridized carbons (Fsp3) is 0.455. The molecular formula is C33H41ClN2O2S. The zero-order chi connectivity index (χ0) is 27.3. The standard InChI is InChI=1S/C33H41ClN2O2S/c1-35(39(37,38)31-16-14-30(34)15-17-31)26-33(21-18-29-12-5-6-13-32(29)33)22-25-36-23-19-28(20-24-36)11-7-10-27-8-3-2-4-9-27/h2-6,8-9,12-17,28H,7,10-11,18-26H2,1H3. The minimum Gasteiger partial charge on any atom is -0.303 e. The van der Waals surface area contributed by atoms with Gasteiger partial charge >= 0.3 is 0 Å². The first-order valence-electron chi connectivity index (χ1n) is 14.4. The fourth-order valence-electron chi connectivity index (χ4n) is 6.68. The first-order chi connectivity index (χ1) is 18.9. The van der Waals surface area contributed by atoms with Crippen molar-refractivity contribution < 1.29 is 8.42 Å². The van der Waals surface area contributed by atoms with Gasteiger partial charge in [0, 0.05) is 24.0 Å². The van der Waals surface area contributed by atoms with E-state index in [1.54, 1.807) is 35.6 Å². The lowest BCUT2D eigenvalue weighted by atomic mass is 9.78. The Kier molecular flexibility index (Phi) is 9.13. The summed E-state index contributed by atoms with van der Waals surface area (Å²) >= 11 is 6.02. The molecule has 3 aromatic carbocycles. The largest absolute Gasteiger partial charge is 0.303 e. The maximum atomic E-state index is 13.5. The Morgan fingerprint density at radius 2 is 1.64 bits per heavy atom. The van der Waals surface area contributed by atoms with Crippen LogP contribution >= 0.6 is 11.6 Å². The van der Waals surface area contributed by atoms with Gasteiger partial charge in [0.1, 0.15) is 0 Å². The van der Waals surface area contributed by atoms with E-state index < -0.39 is 10.0 Å². The summed E-state index contributed by atoms with van der Waals surface area (Å²) < 4.78 is 28.5. The third-order valence-corrected chi connectivity index (χ3v) is 11.1. The minimum atomic E-state index is -3.60. The molecule has 0 bridgehead atoms. The van der Waals surface area contributed by atoms with E-state index in [9.17, 15) is 8.42 Å². The van der Waals surface area contributed by atoms with Gasteiger partial charge in [0.2, 0.25) is 10.0 Å². The highest BCUT2D eigenvalue weighted by molar-refractivity contribution is 7.89. The Morgan fingerprint density at radius 1 is 0.949 bits per heavy atom. The summed E-state index contributed by atoms with van der Waals surface area (Å²) in [7, 11) is -1.87. The Balaban J connectivity index is 1.20. The molecule has 1 saturated heterocycles. The van der Waals surface area contributed by atoms with Crippen molar-refractivity contribution in [3.8, 4) is 0 Å². The monoisotopic (exact) mass is 564 g/mol. The molecule has 208 valence electrons. The predicted molar refractivity (Wildman–Crippen MR) is 161 cm³/mol. The van der Waals surface area contributed by atoms with Gasteiger partial charge < -0.3 is 4.90 Å². The fourth-order valence-corrected chi connectivity index (χ4v) is 8.06. The molecule has 1 fully saturated rings. The van der Waals surface area contributed by atoms with Gasteiger partial charge in [-0.25, -0.2) is 12.7 Å². The number of nitrogens with zero attached hydrogens (tertiary/aromatic N) is 2. The van der Waals surface area contributed by atoms with E-state index in [1.807, 2.05) is 0 Å². The van der Waals surface area contributed by atoms with Gasteiger partial charge in [-0.1, -0.05) is 72.6 Å². The van der Waals surface area contributed by atoms with Crippen LogP contribution in [0.3, 0.4) is 0 Å². The van der Waals surface area contributed by atoms with E-state index in [0.717, 1.165) is 44.8 Å². The van der Waals surface area contributed by atoms with Crippen LogP contribution in [0, 0.1) is 5.92 Å². The lowest BCUT2D eigenvalue weighted by Crippen LogP contribution is -2.44. The summed E-state index contributed by atoms with van der Waals surface area (Å²) in [6.45, 7) is 3.80. The quantitative estimate of drug-likeness (QED) is 0.252. The second-order valence-electron chi connectivity index (χ2n) is 11.6. The predicted octanol–water partition coefficient (Wildman–Crippen LogP) is 6.97. The number of likely N-dealkylation sites (N-methyl/N-ethyl adjacent to an activating group) is 1. The molecule has 0 spiro atoms.